The summed E-state index contributed by atoms with van der Waals surface area (Å²) in [5.41, 5.74) is 0.990. The van der Waals surface area contributed by atoms with Gasteiger partial charge < -0.3 is 10.2 Å². The van der Waals surface area contributed by atoms with Crippen LogP contribution in [0.25, 0.3) is 0 Å². The molecule has 1 N–H and O–H groups in total. The van der Waals surface area contributed by atoms with Gasteiger partial charge in [-0.25, -0.2) is 8.70 Å². The largest absolute Gasteiger partial charge is 0.354 e. The number of anilines is 1. The predicted octanol–water partition coefficient (Wildman–Crippen LogP) is 4.91. The molecule has 0 aromatic heterocycles. The van der Waals surface area contributed by atoms with Crippen LogP contribution in [0.5, 0.6) is 0 Å². The molecule has 1 atom stereocenters. The smallest absolute Gasteiger partial charge is 0.304 e. The first kappa shape index (κ1) is 32.3. The standard InChI is InChI=1S/C29H33Cl2FN4O4S/c1-4-16-33-29(38)27(17-21-10-6-5-7-11-21)35(19-22-14-15-23(30)18-24(22)31)28(37)20-36(41(39,40)34(2)3)26-13-9-8-12-25(26)32/h5-15,18,27H,4,16-17,19-20H2,1-3H3,(H,33,38)/t27-/m1/s1. The lowest BCUT2D eigenvalue weighted by atomic mass is 10.0. The fourth-order valence-electron chi connectivity index (χ4n) is 4.11. The van der Waals surface area contributed by atoms with E-state index >= 15 is 0 Å². The minimum atomic E-state index is -4.31. The molecule has 0 aliphatic carbocycles. The third-order valence-corrected chi connectivity index (χ3v) is 8.71. The topological polar surface area (TPSA) is 90.0 Å². The Bertz CT molecular complexity index is 1460. The summed E-state index contributed by atoms with van der Waals surface area (Å²) in [6.45, 7) is 1.39. The number of nitrogens with one attached hydrogen (secondary N) is 1. The fraction of sp³-hybridized carbons (Fsp3) is 0.310. The van der Waals surface area contributed by atoms with Crippen LogP contribution in [0.2, 0.25) is 10.0 Å². The van der Waals surface area contributed by atoms with E-state index in [9.17, 15) is 22.4 Å². The highest BCUT2D eigenvalue weighted by Gasteiger charge is 2.35. The molecule has 0 saturated heterocycles. The van der Waals surface area contributed by atoms with Gasteiger partial charge in [-0.15, -0.1) is 0 Å². The van der Waals surface area contributed by atoms with Gasteiger partial charge in [0.25, 0.3) is 0 Å². The Morgan fingerprint density at radius 3 is 2.24 bits per heavy atom. The summed E-state index contributed by atoms with van der Waals surface area (Å²) in [7, 11) is -1.74. The van der Waals surface area contributed by atoms with Gasteiger partial charge in [0.2, 0.25) is 11.8 Å². The Morgan fingerprint density at radius 1 is 0.976 bits per heavy atom. The van der Waals surface area contributed by atoms with Crippen molar-refractivity contribution >= 4 is 50.9 Å². The van der Waals surface area contributed by atoms with Crippen LogP contribution in [-0.2, 0) is 32.8 Å². The molecule has 0 unspecified atom stereocenters. The number of benzene rings is 3. The Morgan fingerprint density at radius 2 is 1.63 bits per heavy atom. The van der Waals surface area contributed by atoms with E-state index in [1.807, 2.05) is 37.3 Å². The van der Waals surface area contributed by atoms with Crippen molar-refractivity contribution in [1.29, 1.82) is 0 Å². The van der Waals surface area contributed by atoms with Crippen molar-refractivity contribution in [3.63, 3.8) is 0 Å². The lowest BCUT2D eigenvalue weighted by Gasteiger charge is -2.34. The number of carbonyl (C=O) groups is 2. The molecule has 0 spiro atoms. The second-order valence-electron chi connectivity index (χ2n) is 9.50. The molecule has 220 valence electrons. The normalized spacial score (nSPS) is 12.2. The maximum absolute atomic E-state index is 14.9. The van der Waals surface area contributed by atoms with Gasteiger partial charge in [0.1, 0.15) is 18.4 Å². The second-order valence-corrected chi connectivity index (χ2v) is 12.4. The number of hydrogen-bond acceptors (Lipinski definition) is 4. The number of hydrogen-bond donors (Lipinski definition) is 1. The molecule has 0 heterocycles. The highest BCUT2D eigenvalue weighted by Crippen LogP contribution is 2.26. The summed E-state index contributed by atoms with van der Waals surface area (Å²) in [6, 6.07) is 18.2. The van der Waals surface area contributed by atoms with Crippen molar-refractivity contribution in [1.82, 2.24) is 14.5 Å². The van der Waals surface area contributed by atoms with E-state index in [0.717, 1.165) is 15.9 Å². The zero-order valence-electron chi connectivity index (χ0n) is 23.1. The van der Waals surface area contributed by atoms with Crippen molar-refractivity contribution < 1.29 is 22.4 Å². The van der Waals surface area contributed by atoms with E-state index in [1.54, 1.807) is 12.1 Å². The first-order valence-corrected chi connectivity index (χ1v) is 15.1. The van der Waals surface area contributed by atoms with E-state index in [4.69, 9.17) is 23.2 Å². The Hall–Kier alpha value is -3.18. The molecule has 0 radical (unpaired) electrons. The van der Waals surface area contributed by atoms with Crippen molar-refractivity contribution in [3.8, 4) is 0 Å². The van der Waals surface area contributed by atoms with Crippen LogP contribution in [0.15, 0.2) is 72.8 Å². The number of halogens is 3. The van der Waals surface area contributed by atoms with Crippen LogP contribution < -0.4 is 9.62 Å². The summed E-state index contributed by atoms with van der Waals surface area (Å²) < 4.78 is 43.1. The molecular formula is C29H33Cl2FN4O4S. The van der Waals surface area contributed by atoms with E-state index in [0.29, 0.717) is 27.9 Å². The predicted molar refractivity (Wildman–Crippen MR) is 161 cm³/mol. The van der Waals surface area contributed by atoms with Crippen LogP contribution in [0.4, 0.5) is 10.1 Å². The molecule has 3 rings (SSSR count). The number of rotatable bonds is 13. The van der Waals surface area contributed by atoms with Gasteiger partial charge in [-0.2, -0.15) is 12.7 Å². The summed E-state index contributed by atoms with van der Waals surface area (Å²) in [5.74, 6) is -1.96. The summed E-state index contributed by atoms with van der Waals surface area (Å²) in [6.07, 6.45) is 0.816. The molecule has 0 aliphatic rings. The highest BCUT2D eigenvalue weighted by atomic mass is 35.5. The van der Waals surface area contributed by atoms with Crippen LogP contribution in [0, 0.1) is 5.82 Å². The third kappa shape index (κ3) is 8.42. The van der Waals surface area contributed by atoms with Crippen molar-refractivity contribution in [2.24, 2.45) is 0 Å². The van der Waals surface area contributed by atoms with Crippen LogP contribution in [0.1, 0.15) is 24.5 Å². The van der Waals surface area contributed by atoms with Gasteiger partial charge >= 0.3 is 10.2 Å². The van der Waals surface area contributed by atoms with Gasteiger partial charge in [-0.3, -0.25) is 9.59 Å². The number of para-hydroxylation sites is 1. The Kier molecular flexibility index (Phi) is 11.5. The monoisotopic (exact) mass is 622 g/mol. The Labute approximate surface area is 250 Å². The zero-order valence-corrected chi connectivity index (χ0v) is 25.4. The molecular weight excluding hydrogens is 590 g/mol. The van der Waals surface area contributed by atoms with Crippen LogP contribution >= 0.6 is 23.2 Å². The Balaban J connectivity index is 2.12. The van der Waals surface area contributed by atoms with Crippen LogP contribution in [0.3, 0.4) is 0 Å². The quantitative estimate of drug-likeness (QED) is 0.293. The first-order valence-electron chi connectivity index (χ1n) is 13.0. The third-order valence-electron chi connectivity index (χ3n) is 6.32. The van der Waals surface area contributed by atoms with Gasteiger partial charge in [-0.05, 0) is 41.8 Å². The minimum absolute atomic E-state index is 0.126. The molecule has 0 aliphatic heterocycles. The van der Waals surface area contributed by atoms with E-state index < -0.39 is 40.4 Å². The molecule has 12 heteroatoms. The fourth-order valence-corrected chi connectivity index (χ4v) is 5.64. The average molecular weight is 624 g/mol. The van der Waals surface area contributed by atoms with Crippen molar-refractivity contribution in [2.75, 3.05) is 31.5 Å². The van der Waals surface area contributed by atoms with E-state index in [1.165, 1.54) is 43.3 Å². The second kappa shape index (κ2) is 14.6. The SMILES string of the molecule is CCCNC(=O)[C@@H](Cc1ccccc1)N(Cc1ccc(Cl)cc1Cl)C(=O)CN(c1ccccc1F)S(=O)(=O)N(C)C. The molecule has 0 saturated carbocycles. The first-order chi connectivity index (χ1) is 19.4. The lowest BCUT2D eigenvalue weighted by Crippen LogP contribution is -2.54. The number of carbonyl (C=O) groups excluding carboxylic acids is 2. The van der Waals surface area contributed by atoms with Crippen molar-refractivity contribution in [2.45, 2.75) is 32.4 Å². The molecule has 2 amide bonds. The van der Waals surface area contributed by atoms with E-state index in [2.05, 4.69) is 5.32 Å². The van der Waals surface area contributed by atoms with Crippen LogP contribution in [-0.4, -0.2) is 62.7 Å². The molecule has 41 heavy (non-hydrogen) atoms. The van der Waals surface area contributed by atoms with Gasteiger partial charge in [0.05, 0.1) is 5.69 Å². The minimum Gasteiger partial charge on any atom is -0.354 e. The molecule has 0 bridgehead atoms. The zero-order chi connectivity index (χ0) is 30.2. The highest BCUT2D eigenvalue weighted by molar-refractivity contribution is 7.90. The number of amides is 2. The van der Waals surface area contributed by atoms with E-state index in [-0.39, 0.29) is 23.7 Å². The van der Waals surface area contributed by atoms with Crippen molar-refractivity contribution in [3.05, 3.63) is 99.8 Å². The summed E-state index contributed by atoms with van der Waals surface area (Å²) in [4.78, 5) is 29.0. The summed E-state index contributed by atoms with van der Waals surface area (Å²) >= 11 is 12.5. The maximum Gasteiger partial charge on any atom is 0.304 e. The molecule has 8 nitrogen and oxygen atoms in total. The average Bonchev–Trinajstić information content (AvgIpc) is 2.94. The van der Waals surface area contributed by atoms with Gasteiger partial charge in [0, 0.05) is 43.7 Å². The molecule has 3 aromatic carbocycles. The lowest BCUT2D eigenvalue weighted by molar-refractivity contribution is -0.140. The number of nitrogens with zero attached hydrogens (tertiary/aromatic N) is 3. The summed E-state index contributed by atoms with van der Waals surface area (Å²) in [5, 5.41) is 3.52. The van der Waals surface area contributed by atoms with Gasteiger partial charge in [-0.1, -0.05) is 78.7 Å². The maximum atomic E-state index is 14.9. The molecule has 0 fully saturated rings. The van der Waals surface area contributed by atoms with Gasteiger partial charge in [0.15, 0.2) is 0 Å². The molecule has 3 aromatic rings.